The Morgan fingerprint density at radius 1 is 1.59 bits per heavy atom. The fourth-order valence-corrected chi connectivity index (χ4v) is 2.30. The molecule has 0 spiro atoms. The van der Waals surface area contributed by atoms with Crippen molar-refractivity contribution in [2.45, 2.75) is 40.2 Å². The van der Waals surface area contributed by atoms with Crippen LogP contribution in [0.25, 0.3) is 0 Å². The molecule has 0 aliphatic rings. The van der Waals surface area contributed by atoms with Gasteiger partial charge in [0.15, 0.2) is 0 Å². The van der Waals surface area contributed by atoms with Crippen molar-refractivity contribution in [1.29, 1.82) is 0 Å². The molecule has 0 amide bonds. The number of ether oxygens (including phenoxy) is 1. The van der Waals surface area contributed by atoms with Gasteiger partial charge in [-0.1, -0.05) is 20.8 Å². The fraction of sp³-hybridized carbons (Fsp3) is 0.667. The molecular formula is C12H19NO3S. The van der Waals surface area contributed by atoms with Crippen LogP contribution in [-0.4, -0.2) is 22.7 Å². The summed E-state index contributed by atoms with van der Waals surface area (Å²) in [4.78, 5) is 15.5. The highest BCUT2D eigenvalue weighted by Gasteiger charge is 2.26. The van der Waals surface area contributed by atoms with Crippen LogP contribution in [0.5, 0.6) is 0 Å². The number of carbonyl (C=O) groups excluding carboxylic acids is 1. The molecule has 17 heavy (non-hydrogen) atoms. The van der Waals surface area contributed by atoms with E-state index in [1.54, 1.807) is 12.3 Å². The molecule has 0 saturated heterocycles. The predicted molar refractivity (Wildman–Crippen MR) is 66.9 cm³/mol. The Morgan fingerprint density at radius 3 is 2.76 bits per heavy atom. The molecule has 4 nitrogen and oxygen atoms in total. The van der Waals surface area contributed by atoms with Gasteiger partial charge < -0.3 is 9.84 Å². The molecule has 0 aromatic carbocycles. The van der Waals surface area contributed by atoms with E-state index in [9.17, 15) is 9.90 Å². The van der Waals surface area contributed by atoms with Crippen molar-refractivity contribution in [3.8, 4) is 0 Å². The minimum absolute atomic E-state index is 0.168. The maximum Gasteiger partial charge on any atom is 0.311 e. The molecule has 1 N–H and O–H groups in total. The molecule has 1 heterocycles. The Morgan fingerprint density at radius 2 is 2.24 bits per heavy atom. The van der Waals surface area contributed by atoms with Crippen molar-refractivity contribution in [3.63, 3.8) is 0 Å². The SMILES string of the molecule is CCOC(=O)Cc1csc(C(O)C(C)(C)C)n1. The zero-order chi connectivity index (χ0) is 13.1. The smallest absolute Gasteiger partial charge is 0.311 e. The molecule has 0 bridgehead atoms. The largest absolute Gasteiger partial charge is 0.466 e. The lowest BCUT2D eigenvalue weighted by atomic mass is 9.90. The first-order chi connectivity index (χ1) is 7.84. The molecule has 5 heteroatoms. The lowest BCUT2D eigenvalue weighted by Crippen LogP contribution is -2.17. The van der Waals surface area contributed by atoms with Crippen LogP contribution in [0.2, 0.25) is 0 Å². The van der Waals surface area contributed by atoms with Gasteiger partial charge >= 0.3 is 5.97 Å². The van der Waals surface area contributed by atoms with E-state index in [4.69, 9.17) is 4.74 Å². The minimum atomic E-state index is -0.608. The topological polar surface area (TPSA) is 59.4 Å². The van der Waals surface area contributed by atoms with Gasteiger partial charge in [-0.3, -0.25) is 4.79 Å². The lowest BCUT2D eigenvalue weighted by Gasteiger charge is -2.23. The summed E-state index contributed by atoms with van der Waals surface area (Å²) in [6.45, 7) is 7.99. The number of aromatic nitrogens is 1. The second-order valence-electron chi connectivity index (χ2n) is 4.93. The third-order valence-electron chi connectivity index (χ3n) is 2.25. The first-order valence-electron chi connectivity index (χ1n) is 5.62. The van der Waals surface area contributed by atoms with E-state index in [1.807, 2.05) is 20.8 Å². The minimum Gasteiger partial charge on any atom is -0.466 e. The molecule has 0 saturated carbocycles. The van der Waals surface area contributed by atoms with Crippen molar-refractivity contribution in [2.24, 2.45) is 5.41 Å². The summed E-state index contributed by atoms with van der Waals surface area (Å²) in [5, 5.41) is 12.5. The molecule has 1 aromatic rings. The summed E-state index contributed by atoms with van der Waals surface area (Å²) in [6.07, 6.45) is -0.440. The Bertz CT molecular complexity index is 381. The van der Waals surface area contributed by atoms with Gasteiger partial charge in [0.05, 0.1) is 18.7 Å². The first kappa shape index (κ1) is 14.1. The number of esters is 1. The molecule has 0 radical (unpaired) electrons. The molecular weight excluding hydrogens is 238 g/mol. The maximum atomic E-state index is 11.3. The van der Waals surface area contributed by atoms with Gasteiger partial charge in [0.25, 0.3) is 0 Å². The summed E-state index contributed by atoms with van der Waals surface area (Å²) in [6, 6.07) is 0. The number of nitrogens with zero attached hydrogens (tertiary/aromatic N) is 1. The fourth-order valence-electron chi connectivity index (χ4n) is 1.26. The Hall–Kier alpha value is -0.940. The van der Waals surface area contributed by atoms with Crippen molar-refractivity contribution in [1.82, 2.24) is 4.98 Å². The monoisotopic (exact) mass is 257 g/mol. The maximum absolute atomic E-state index is 11.3. The second-order valence-corrected chi connectivity index (χ2v) is 5.82. The van der Waals surface area contributed by atoms with Crippen LogP contribution in [0.1, 0.15) is 44.5 Å². The Balaban J connectivity index is 2.69. The summed E-state index contributed by atoms with van der Waals surface area (Å²) < 4.78 is 4.85. The molecule has 1 rings (SSSR count). The van der Waals surface area contributed by atoms with Gasteiger partial charge in [0.2, 0.25) is 0 Å². The number of thiazole rings is 1. The van der Waals surface area contributed by atoms with Gasteiger partial charge in [-0.2, -0.15) is 0 Å². The highest BCUT2D eigenvalue weighted by Crippen LogP contribution is 2.34. The van der Waals surface area contributed by atoms with Crippen LogP contribution in [0, 0.1) is 5.41 Å². The lowest BCUT2D eigenvalue weighted by molar-refractivity contribution is -0.142. The van der Waals surface area contributed by atoms with Gasteiger partial charge in [0.1, 0.15) is 11.1 Å². The average Bonchev–Trinajstić information content (AvgIpc) is 2.63. The molecule has 1 aromatic heterocycles. The number of aliphatic hydroxyl groups excluding tert-OH is 1. The van der Waals surface area contributed by atoms with Gasteiger partial charge in [-0.25, -0.2) is 4.98 Å². The van der Waals surface area contributed by atoms with Gasteiger partial charge in [0, 0.05) is 5.38 Å². The van der Waals surface area contributed by atoms with Gasteiger partial charge in [-0.05, 0) is 12.3 Å². The normalized spacial score (nSPS) is 13.5. The van der Waals surface area contributed by atoms with E-state index in [1.165, 1.54) is 11.3 Å². The first-order valence-corrected chi connectivity index (χ1v) is 6.50. The van der Waals surface area contributed by atoms with Crippen LogP contribution in [0.4, 0.5) is 0 Å². The third kappa shape index (κ3) is 4.09. The number of aliphatic hydroxyl groups is 1. The van der Waals surface area contributed by atoms with Crippen LogP contribution in [0.15, 0.2) is 5.38 Å². The van der Waals surface area contributed by atoms with E-state index in [0.29, 0.717) is 17.3 Å². The van der Waals surface area contributed by atoms with Crippen LogP contribution < -0.4 is 0 Å². The Labute approximate surface area is 106 Å². The number of rotatable bonds is 4. The van der Waals surface area contributed by atoms with E-state index in [0.717, 1.165) is 0 Å². The highest BCUT2D eigenvalue weighted by molar-refractivity contribution is 7.09. The second kappa shape index (κ2) is 5.60. The summed E-state index contributed by atoms with van der Waals surface area (Å²) in [5.41, 5.74) is 0.408. The molecule has 0 fully saturated rings. The van der Waals surface area contributed by atoms with Gasteiger partial charge in [-0.15, -0.1) is 11.3 Å². The third-order valence-corrected chi connectivity index (χ3v) is 3.20. The van der Waals surface area contributed by atoms with Crippen LogP contribution in [-0.2, 0) is 16.0 Å². The van der Waals surface area contributed by atoms with Crippen molar-refractivity contribution in [2.75, 3.05) is 6.61 Å². The van der Waals surface area contributed by atoms with Crippen molar-refractivity contribution in [3.05, 3.63) is 16.1 Å². The van der Waals surface area contributed by atoms with E-state index in [-0.39, 0.29) is 17.8 Å². The molecule has 96 valence electrons. The molecule has 0 aliphatic heterocycles. The number of hydrogen-bond donors (Lipinski definition) is 1. The highest BCUT2D eigenvalue weighted by atomic mass is 32.1. The van der Waals surface area contributed by atoms with E-state index in [2.05, 4.69) is 4.98 Å². The van der Waals surface area contributed by atoms with Crippen LogP contribution >= 0.6 is 11.3 Å². The van der Waals surface area contributed by atoms with E-state index >= 15 is 0 Å². The zero-order valence-electron chi connectivity index (χ0n) is 10.7. The summed E-state index contributed by atoms with van der Waals surface area (Å²) in [7, 11) is 0. The van der Waals surface area contributed by atoms with Crippen molar-refractivity contribution >= 4 is 17.3 Å². The quantitative estimate of drug-likeness (QED) is 0.841. The zero-order valence-corrected chi connectivity index (χ0v) is 11.5. The van der Waals surface area contributed by atoms with E-state index < -0.39 is 6.10 Å². The number of hydrogen-bond acceptors (Lipinski definition) is 5. The average molecular weight is 257 g/mol. The van der Waals surface area contributed by atoms with Crippen LogP contribution in [0.3, 0.4) is 0 Å². The molecule has 1 unspecified atom stereocenters. The molecule has 1 atom stereocenters. The number of carbonyl (C=O) groups is 1. The standard InChI is InChI=1S/C12H19NO3S/c1-5-16-9(14)6-8-7-17-11(13-8)10(15)12(2,3)4/h7,10,15H,5-6H2,1-4H3. The summed E-state index contributed by atoms with van der Waals surface area (Å²) in [5.74, 6) is -0.283. The Kier molecular flexibility index (Phi) is 4.65. The molecule has 0 aliphatic carbocycles. The van der Waals surface area contributed by atoms with Crippen molar-refractivity contribution < 1.29 is 14.6 Å². The predicted octanol–water partition coefficient (Wildman–Crippen LogP) is 2.33. The summed E-state index contributed by atoms with van der Waals surface area (Å²) >= 11 is 1.38.